The van der Waals surface area contributed by atoms with E-state index in [4.69, 9.17) is 71.8 Å². The maximum absolute atomic E-state index is 11.7. The van der Waals surface area contributed by atoms with Crippen LogP contribution in [0.15, 0.2) is 121 Å². The third-order valence-corrected chi connectivity index (χ3v) is 9.60. The number of methoxy groups -OCH3 is 6. The second-order valence-corrected chi connectivity index (χ2v) is 15.3. The van der Waals surface area contributed by atoms with Gasteiger partial charge in [-0.05, 0) is 109 Å². The topological polar surface area (TPSA) is 212 Å². The molecular formula is C58H66O18. The molecule has 0 spiro atoms. The molecule has 6 rings (SSSR count). The smallest absolute Gasteiger partial charge is 0.338 e. The molecule has 18 nitrogen and oxygen atoms in total. The fraction of sp³-hybridized carbons (Fsp3) is 0.259. The second kappa shape index (κ2) is 36.7. The Morgan fingerprint density at radius 2 is 0.711 bits per heavy atom. The van der Waals surface area contributed by atoms with E-state index in [0.29, 0.717) is 64.1 Å². The SMILES string of the molecule is CCOC(=O)c1ccc(/C=C/c2ccc(OCOC)c(OCOC)c2)cc1.COCOc1ccc(/C=C/c2ccc(C)cc2)cc1OCOC.COCOc1ccc(C=O)cc1OCOC.O=Cc1ccc(O)c(O)c1. The average Bonchev–Trinajstić information content (AvgIpc) is 3.45. The van der Waals surface area contributed by atoms with Crippen molar-refractivity contribution < 1.29 is 86.2 Å². The Morgan fingerprint density at radius 3 is 1.08 bits per heavy atom. The number of carbonyl (C=O) groups is 3. The Balaban J connectivity index is 0.000000281. The van der Waals surface area contributed by atoms with Crippen LogP contribution in [-0.4, -0.2) is 119 Å². The van der Waals surface area contributed by atoms with Gasteiger partial charge in [0.1, 0.15) is 12.6 Å². The van der Waals surface area contributed by atoms with Crippen molar-refractivity contribution in [2.45, 2.75) is 13.8 Å². The number of carbonyl (C=O) groups excluding carboxylic acids is 3. The number of benzene rings is 6. The van der Waals surface area contributed by atoms with Crippen LogP contribution in [0, 0.1) is 6.92 Å². The summed E-state index contributed by atoms with van der Waals surface area (Å²) in [7, 11) is 9.30. The summed E-state index contributed by atoms with van der Waals surface area (Å²) in [6, 6.07) is 35.6. The number of aromatic hydroxyl groups is 2. The molecule has 0 radical (unpaired) electrons. The number of ether oxygens (including phenoxy) is 13. The zero-order valence-corrected chi connectivity index (χ0v) is 43.9. The van der Waals surface area contributed by atoms with E-state index in [1.54, 1.807) is 65.7 Å². The van der Waals surface area contributed by atoms with E-state index >= 15 is 0 Å². The zero-order chi connectivity index (χ0) is 55.3. The fourth-order valence-corrected chi connectivity index (χ4v) is 5.91. The summed E-state index contributed by atoms with van der Waals surface area (Å²) in [5.74, 6) is 2.52. The number of esters is 1. The highest BCUT2D eigenvalue weighted by Gasteiger charge is 2.10. The molecule has 0 saturated carbocycles. The molecule has 0 aromatic heterocycles. The van der Waals surface area contributed by atoms with E-state index in [2.05, 4.69) is 37.3 Å². The normalized spacial score (nSPS) is 10.4. The lowest BCUT2D eigenvalue weighted by Crippen LogP contribution is -2.04. The van der Waals surface area contributed by atoms with Crippen LogP contribution < -0.4 is 28.4 Å². The Morgan fingerprint density at radius 1 is 0.395 bits per heavy atom. The first-order valence-electron chi connectivity index (χ1n) is 23.2. The molecule has 0 unspecified atom stereocenters. The van der Waals surface area contributed by atoms with E-state index in [1.807, 2.05) is 66.8 Å². The largest absolute Gasteiger partial charge is 0.504 e. The van der Waals surface area contributed by atoms with Gasteiger partial charge in [-0.2, -0.15) is 0 Å². The summed E-state index contributed by atoms with van der Waals surface area (Å²) in [6.07, 6.45) is 9.31. The summed E-state index contributed by atoms with van der Waals surface area (Å²) >= 11 is 0. The molecule has 2 N–H and O–H groups in total. The minimum Gasteiger partial charge on any atom is -0.504 e. The van der Waals surface area contributed by atoms with Crippen molar-refractivity contribution in [2.24, 2.45) is 0 Å². The van der Waals surface area contributed by atoms with Gasteiger partial charge in [-0.3, -0.25) is 9.59 Å². The molecule has 0 saturated heterocycles. The van der Waals surface area contributed by atoms with Crippen molar-refractivity contribution in [3.8, 4) is 46.0 Å². The fourth-order valence-electron chi connectivity index (χ4n) is 5.91. The molecular weight excluding hydrogens is 985 g/mol. The first kappa shape index (κ1) is 62.1. The molecule has 0 aliphatic heterocycles. The van der Waals surface area contributed by atoms with Crippen LogP contribution in [0.1, 0.15) is 65.8 Å². The molecule has 0 amide bonds. The predicted octanol–water partition coefficient (Wildman–Crippen LogP) is 10.5. The molecule has 0 fully saturated rings. The number of rotatable bonds is 26. The van der Waals surface area contributed by atoms with Gasteiger partial charge >= 0.3 is 5.97 Å². The lowest BCUT2D eigenvalue weighted by Gasteiger charge is -2.12. The van der Waals surface area contributed by atoms with Gasteiger partial charge in [-0.1, -0.05) is 78.4 Å². The molecule has 406 valence electrons. The highest BCUT2D eigenvalue weighted by Crippen LogP contribution is 2.31. The Hall–Kier alpha value is -8.23. The van der Waals surface area contributed by atoms with Crippen LogP contribution in [0.2, 0.25) is 0 Å². The highest BCUT2D eigenvalue weighted by molar-refractivity contribution is 5.89. The Kier molecular flexibility index (Phi) is 29.9. The predicted molar refractivity (Wildman–Crippen MR) is 286 cm³/mol. The molecule has 0 heterocycles. The van der Waals surface area contributed by atoms with Gasteiger partial charge in [-0.15, -0.1) is 0 Å². The van der Waals surface area contributed by atoms with Gasteiger partial charge in [0.15, 0.2) is 86.8 Å². The monoisotopic (exact) mass is 1050 g/mol. The first-order chi connectivity index (χ1) is 36.9. The van der Waals surface area contributed by atoms with E-state index in [-0.39, 0.29) is 58.2 Å². The first-order valence-corrected chi connectivity index (χ1v) is 23.2. The minimum absolute atomic E-state index is 0.0889. The quantitative estimate of drug-likeness (QED) is 0.0170. The van der Waals surface area contributed by atoms with Crippen molar-refractivity contribution in [3.05, 3.63) is 166 Å². The van der Waals surface area contributed by atoms with Crippen molar-refractivity contribution in [3.63, 3.8) is 0 Å². The van der Waals surface area contributed by atoms with E-state index < -0.39 is 0 Å². The highest BCUT2D eigenvalue weighted by atomic mass is 16.7. The van der Waals surface area contributed by atoms with E-state index in [1.165, 1.54) is 38.0 Å². The van der Waals surface area contributed by atoms with Gasteiger partial charge in [0.2, 0.25) is 0 Å². The van der Waals surface area contributed by atoms with E-state index in [9.17, 15) is 14.4 Å². The Bertz CT molecular complexity index is 2680. The van der Waals surface area contributed by atoms with Crippen molar-refractivity contribution >= 4 is 42.8 Å². The number of hydrogen-bond donors (Lipinski definition) is 2. The number of aldehydes is 2. The van der Waals surface area contributed by atoms with Gasteiger partial charge in [0.05, 0.1) is 12.2 Å². The third-order valence-electron chi connectivity index (χ3n) is 9.60. The van der Waals surface area contributed by atoms with Crippen LogP contribution in [0.4, 0.5) is 0 Å². The van der Waals surface area contributed by atoms with Crippen LogP contribution in [-0.2, 0) is 33.2 Å². The number of phenolic OH excluding ortho intramolecular Hbond substituents is 2. The lowest BCUT2D eigenvalue weighted by atomic mass is 10.1. The molecule has 0 bridgehead atoms. The molecule has 0 atom stereocenters. The summed E-state index contributed by atoms with van der Waals surface area (Å²) < 4.78 is 66.9. The summed E-state index contributed by atoms with van der Waals surface area (Å²) in [6.45, 7) is 5.00. The van der Waals surface area contributed by atoms with Crippen LogP contribution in [0.3, 0.4) is 0 Å². The Labute approximate surface area is 443 Å². The van der Waals surface area contributed by atoms with Crippen molar-refractivity contribution in [2.75, 3.05) is 90.0 Å². The molecule has 18 heteroatoms. The maximum Gasteiger partial charge on any atom is 0.338 e. The standard InChI is InChI=1S/C21H24O6.C19H22O4.C11H14O5.C7H6O3/c1-4-25-21(22)18-10-7-16(8-11-18)5-6-17-9-12-19(26-14-23-2)20(13-17)27-15-24-3;1-15-4-6-16(7-5-15)8-9-17-10-11-18(22-13-20-2)19(12-17)23-14-21-3;1-13-7-15-10-4-3-9(6-12)5-11(10)16-8-14-2;8-4-5-1-2-6(9)7(10)3-5/h5-13H,4,14-15H2,1-3H3;4-12H,13-14H2,1-3H3;3-6H,7-8H2,1-2H3;1-4,9-10H/b6-5+;9-8+;;. The molecule has 6 aromatic rings. The number of aryl methyl sites for hydroxylation is 1. The molecule has 0 aliphatic carbocycles. The summed E-state index contributed by atoms with van der Waals surface area (Å²) in [4.78, 5) is 32.4. The maximum atomic E-state index is 11.7. The summed E-state index contributed by atoms with van der Waals surface area (Å²) in [5, 5.41) is 17.6. The van der Waals surface area contributed by atoms with E-state index in [0.717, 1.165) is 28.5 Å². The lowest BCUT2D eigenvalue weighted by molar-refractivity contribution is 0.0322. The van der Waals surface area contributed by atoms with Gasteiger partial charge in [0.25, 0.3) is 0 Å². The number of phenols is 2. The van der Waals surface area contributed by atoms with Crippen LogP contribution >= 0.6 is 0 Å². The van der Waals surface area contributed by atoms with Gasteiger partial charge in [0, 0.05) is 53.8 Å². The molecule has 76 heavy (non-hydrogen) atoms. The van der Waals surface area contributed by atoms with Crippen LogP contribution in [0.5, 0.6) is 46.0 Å². The van der Waals surface area contributed by atoms with Gasteiger partial charge < -0.3 is 71.8 Å². The van der Waals surface area contributed by atoms with Gasteiger partial charge in [-0.25, -0.2) is 4.79 Å². The summed E-state index contributed by atoms with van der Waals surface area (Å²) in [5.41, 5.74) is 6.69. The molecule has 0 aliphatic rings. The third kappa shape index (κ3) is 23.3. The zero-order valence-electron chi connectivity index (χ0n) is 43.9. The van der Waals surface area contributed by atoms with Crippen molar-refractivity contribution in [1.82, 2.24) is 0 Å². The number of hydrogen-bond acceptors (Lipinski definition) is 18. The molecule has 6 aromatic carbocycles. The second-order valence-electron chi connectivity index (χ2n) is 15.3. The average molecular weight is 1050 g/mol. The van der Waals surface area contributed by atoms with Crippen LogP contribution in [0.25, 0.3) is 24.3 Å². The van der Waals surface area contributed by atoms with Crippen molar-refractivity contribution in [1.29, 1.82) is 0 Å². The minimum atomic E-state index is -0.320.